The third-order valence-electron chi connectivity index (χ3n) is 9.27. The molecule has 0 aromatic carbocycles. The Balaban J connectivity index is 1.69. The molecule has 26 heavy (non-hydrogen) atoms. The zero-order valence-corrected chi connectivity index (χ0v) is 15.3. The van der Waals surface area contributed by atoms with Gasteiger partial charge in [-0.1, -0.05) is 26.8 Å². The fraction of sp³-hybridized carbons (Fsp3) is 0.900. The second-order valence-electron chi connectivity index (χ2n) is 10.4. The maximum absolute atomic E-state index is 11.8. The Bertz CT molecular complexity index is 721. The summed E-state index contributed by atoms with van der Waals surface area (Å²) in [4.78, 5) is 0. The highest BCUT2D eigenvalue weighted by Gasteiger charge is 2.92. The molecule has 6 nitrogen and oxygen atoms in total. The quantitative estimate of drug-likeness (QED) is 0.468. The highest BCUT2D eigenvalue weighted by molar-refractivity contribution is 5.41. The first-order valence-electron chi connectivity index (χ1n) is 9.92. The molecule has 11 atom stereocenters. The van der Waals surface area contributed by atoms with E-state index in [0.29, 0.717) is 12.0 Å². The lowest BCUT2D eigenvalue weighted by molar-refractivity contribution is -0.570. The van der Waals surface area contributed by atoms with Gasteiger partial charge in [-0.15, -0.1) is 0 Å². The van der Waals surface area contributed by atoms with Crippen molar-refractivity contribution in [3.8, 4) is 0 Å². The van der Waals surface area contributed by atoms with Crippen LogP contribution in [0.5, 0.6) is 0 Å². The van der Waals surface area contributed by atoms with Gasteiger partial charge in [-0.05, 0) is 30.3 Å². The molecule has 8 fully saturated rings. The number of rotatable bonds is 0. The molecule has 8 rings (SSSR count). The molecule has 0 aromatic rings. The van der Waals surface area contributed by atoms with E-state index in [9.17, 15) is 20.4 Å². The summed E-state index contributed by atoms with van der Waals surface area (Å²) < 4.78 is 12.4. The summed E-state index contributed by atoms with van der Waals surface area (Å²) in [6, 6.07) is 0. The number of aliphatic hydroxyl groups is 4. The third-order valence-corrected chi connectivity index (χ3v) is 9.27. The minimum absolute atomic E-state index is 0.216. The summed E-state index contributed by atoms with van der Waals surface area (Å²) in [5, 5.41) is 45.7. The van der Waals surface area contributed by atoms with Crippen molar-refractivity contribution >= 4 is 0 Å². The summed E-state index contributed by atoms with van der Waals surface area (Å²) in [5.41, 5.74) is -1.47. The SMILES string of the molecule is C=C1[C@H]2C[C@@H](O)[C@H]3[C@]45CCCC(C)(C)[C@H]4[C@H](O)[C@@]4(O)O[C@H]5O[C@@H]2[C@@]34[C@@H]1O. The van der Waals surface area contributed by atoms with Crippen LogP contribution in [0.15, 0.2) is 12.2 Å². The van der Waals surface area contributed by atoms with Gasteiger partial charge < -0.3 is 29.9 Å². The van der Waals surface area contributed by atoms with Gasteiger partial charge in [-0.3, -0.25) is 0 Å². The summed E-state index contributed by atoms with van der Waals surface area (Å²) in [7, 11) is 0. The maximum Gasteiger partial charge on any atom is 0.206 e. The maximum atomic E-state index is 11.8. The molecule has 0 radical (unpaired) electrons. The Labute approximate surface area is 152 Å². The van der Waals surface area contributed by atoms with Crippen molar-refractivity contribution in [2.24, 2.45) is 34.0 Å². The highest BCUT2D eigenvalue weighted by Crippen LogP contribution is 2.82. The molecule has 4 aliphatic heterocycles. The van der Waals surface area contributed by atoms with Gasteiger partial charge in [0.15, 0.2) is 6.29 Å². The van der Waals surface area contributed by atoms with Gasteiger partial charge in [-0.25, -0.2) is 0 Å². The highest BCUT2D eigenvalue weighted by atomic mass is 16.8. The second-order valence-corrected chi connectivity index (χ2v) is 10.4. The average Bonchev–Trinajstić information content (AvgIpc) is 2.70. The molecular weight excluding hydrogens is 336 g/mol. The molecule has 0 unspecified atom stereocenters. The predicted octanol–water partition coefficient (Wildman–Crippen LogP) is 0.531. The number of hydrogen-bond donors (Lipinski definition) is 4. The molecular formula is C20H28O6. The van der Waals surface area contributed by atoms with Crippen molar-refractivity contribution in [3.63, 3.8) is 0 Å². The van der Waals surface area contributed by atoms with Crippen molar-refractivity contribution in [1.82, 2.24) is 0 Å². The zero-order valence-electron chi connectivity index (χ0n) is 15.3. The Kier molecular flexibility index (Phi) is 2.68. The lowest BCUT2D eigenvalue weighted by Crippen LogP contribution is -2.91. The number of aliphatic hydroxyl groups excluding tert-OH is 3. The van der Waals surface area contributed by atoms with Crippen LogP contribution in [-0.4, -0.2) is 56.9 Å². The van der Waals surface area contributed by atoms with E-state index in [1.54, 1.807) is 0 Å². The molecule has 4 heterocycles. The van der Waals surface area contributed by atoms with Gasteiger partial charge in [0.25, 0.3) is 0 Å². The normalized spacial score (nSPS) is 66.8. The Morgan fingerprint density at radius 1 is 1.12 bits per heavy atom. The average molecular weight is 364 g/mol. The zero-order chi connectivity index (χ0) is 18.4. The van der Waals surface area contributed by atoms with Crippen LogP contribution >= 0.6 is 0 Å². The van der Waals surface area contributed by atoms with E-state index in [0.717, 1.165) is 19.3 Å². The molecule has 4 N–H and O–H groups in total. The Morgan fingerprint density at radius 2 is 1.85 bits per heavy atom. The van der Waals surface area contributed by atoms with Crippen molar-refractivity contribution in [2.45, 2.75) is 76.0 Å². The van der Waals surface area contributed by atoms with Crippen LogP contribution in [0.2, 0.25) is 0 Å². The molecule has 4 saturated carbocycles. The van der Waals surface area contributed by atoms with Crippen molar-refractivity contribution in [2.75, 3.05) is 0 Å². The molecule has 7 bridgehead atoms. The molecule has 4 saturated heterocycles. The summed E-state index contributed by atoms with van der Waals surface area (Å²) >= 11 is 0. The minimum atomic E-state index is -1.93. The summed E-state index contributed by atoms with van der Waals surface area (Å²) in [6.07, 6.45) is -0.831. The van der Waals surface area contributed by atoms with Crippen LogP contribution in [0.4, 0.5) is 0 Å². The van der Waals surface area contributed by atoms with Gasteiger partial charge >= 0.3 is 0 Å². The van der Waals surface area contributed by atoms with Crippen LogP contribution in [0.25, 0.3) is 0 Å². The molecule has 2 spiro atoms. The van der Waals surface area contributed by atoms with E-state index in [4.69, 9.17) is 9.47 Å². The van der Waals surface area contributed by atoms with E-state index in [1.807, 2.05) is 0 Å². The molecule has 8 aliphatic rings. The van der Waals surface area contributed by atoms with E-state index < -0.39 is 47.3 Å². The summed E-state index contributed by atoms with van der Waals surface area (Å²) in [5.74, 6) is -2.76. The van der Waals surface area contributed by atoms with E-state index in [-0.39, 0.29) is 23.2 Å². The van der Waals surface area contributed by atoms with E-state index >= 15 is 0 Å². The van der Waals surface area contributed by atoms with Crippen LogP contribution < -0.4 is 0 Å². The first kappa shape index (κ1) is 16.5. The van der Waals surface area contributed by atoms with Crippen molar-refractivity contribution < 1.29 is 29.9 Å². The summed E-state index contributed by atoms with van der Waals surface area (Å²) in [6.45, 7) is 8.31. The molecule has 0 amide bonds. The molecule has 4 aliphatic carbocycles. The third kappa shape index (κ3) is 1.25. The van der Waals surface area contributed by atoms with E-state index in [2.05, 4.69) is 20.4 Å². The van der Waals surface area contributed by atoms with Crippen molar-refractivity contribution in [1.29, 1.82) is 0 Å². The first-order valence-corrected chi connectivity index (χ1v) is 9.92. The molecule has 6 heteroatoms. The standard InChI is InChI=1S/C20H28O6/c1-8-9-7-10(21)11-18-6-4-5-17(2,3)12(18)14(23)20(24)19(11,13(8)22)15(9)25-16(18)26-20/h9-16,21-24H,1,4-7H2,2-3H3/t9-,10-,11+,12-,13-,14+,15+,16-,18-,19+,20-/m1/s1. The van der Waals surface area contributed by atoms with Crippen LogP contribution in [0, 0.1) is 34.0 Å². The second kappa shape index (κ2) is 4.24. The van der Waals surface area contributed by atoms with Gasteiger partial charge in [0.2, 0.25) is 5.79 Å². The lowest BCUT2D eigenvalue weighted by Gasteiger charge is -2.80. The van der Waals surface area contributed by atoms with Crippen LogP contribution in [0.1, 0.15) is 39.5 Å². The van der Waals surface area contributed by atoms with E-state index in [1.165, 1.54) is 0 Å². The fourth-order valence-electron chi connectivity index (χ4n) is 8.75. The Hall–Kier alpha value is -0.500. The smallest absolute Gasteiger partial charge is 0.206 e. The van der Waals surface area contributed by atoms with Gasteiger partial charge in [0.1, 0.15) is 6.10 Å². The Morgan fingerprint density at radius 3 is 2.58 bits per heavy atom. The van der Waals surface area contributed by atoms with Gasteiger partial charge in [0, 0.05) is 23.2 Å². The van der Waals surface area contributed by atoms with Gasteiger partial charge in [0.05, 0.1) is 23.7 Å². The fourth-order valence-corrected chi connectivity index (χ4v) is 8.75. The van der Waals surface area contributed by atoms with Crippen LogP contribution in [0.3, 0.4) is 0 Å². The topological polar surface area (TPSA) is 99.4 Å². The molecule has 144 valence electrons. The minimum Gasteiger partial charge on any atom is -0.393 e. The predicted molar refractivity (Wildman–Crippen MR) is 89.4 cm³/mol. The van der Waals surface area contributed by atoms with Crippen molar-refractivity contribution in [3.05, 3.63) is 12.2 Å². The first-order chi connectivity index (χ1) is 12.1. The van der Waals surface area contributed by atoms with Crippen LogP contribution in [-0.2, 0) is 9.47 Å². The monoisotopic (exact) mass is 364 g/mol. The number of hydrogen-bond acceptors (Lipinski definition) is 6. The molecule has 0 aromatic heterocycles. The van der Waals surface area contributed by atoms with Gasteiger partial charge in [-0.2, -0.15) is 0 Å². The number of ether oxygens (including phenoxy) is 2. The largest absolute Gasteiger partial charge is 0.393 e. The lowest BCUT2D eigenvalue weighted by atomic mass is 9.34.